The molecule has 26 heavy (non-hydrogen) atoms. The molecule has 0 radical (unpaired) electrons. The van der Waals surface area contributed by atoms with E-state index in [2.05, 4.69) is 31.2 Å². The van der Waals surface area contributed by atoms with Crippen molar-refractivity contribution in [1.82, 2.24) is 10.5 Å². The summed E-state index contributed by atoms with van der Waals surface area (Å²) in [7, 11) is 0. The molecule has 0 aliphatic rings. The highest BCUT2D eigenvalue weighted by Crippen LogP contribution is 2.23. The van der Waals surface area contributed by atoms with Crippen LogP contribution in [0.2, 0.25) is 5.02 Å². The monoisotopic (exact) mass is 368 g/mol. The van der Waals surface area contributed by atoms with Gasteiger partial charge in [0.05, 0.1) is 6.54 Å². The predicted molar refractivity (Wildman–Crippen MR) is 103 cm³/mol. The number of aromatic nitrogens is 1. The SMILES string of the molecule is CC(C)(C)c1ccc(C(=O)NCc2cc(-c3ccc(Cl)cc3)on2)cc1. The van der Waals surface area contributed by atoms with Gasteiger partial charge in [0.1, 0.15) is 5.69 Å². The van der Waals surface area contributed by atoms with Crippen LogP contribution in [0.25, 0.3) is 11.3 Å². The minimum atomic E-state index is -0.137. The summed E-state index contributed by atoms with van der Waals surface area (Å²) in [5, 5.41) is 7.53. The Hall–Kier alpha value is -2.59. The van der Waals surface area contributed by atoms with Gasteiger partial charge in [-0.3, -0.25) is 4.79 Å². The second-order valence-corrected chi connectivity index (χ2v) is 7.64. The molecule has 1 amide bonds. The van der Waals surface area contributed by atoms with Gasteiger partial charge < -0.3 is 9.84 Å². The van der Waals surface area contributed by atoms with Crippen LogP contribution in [-0.2, 0) is 12.0 Å². The van der Waals surface area contributed by atoms with Crippen LogP contribution in [0, 0.1) is 0 Å². The molecule has 0 aliphatic carbocycles. The molecule has 134 valence electrons. The van der Waals surface area contributed by atoms with E-state index in [1.807, 2.05) is 42.5 Å². The molecule has 4 nitrogen and oxygen atoms in total. The standard InChI is InChI=1S/C21H21ClN2O2/c1-21(2,3)16-8-4-15(5-9-16)20(25)23-13-18-12-19(26-24-18)14-6-10-17(22)11-7-14/h4-12H,13H2,1-3H3,(H,23,25). The number of carbonyl (C=O) groups excluding carboxylic acids is 1. The lowest BCUT2D eigenvalue weighted by molar-refractivity contribution is 0.0950. The van der Waals surface area contributed by atoms with E-state index in [4.69, 9.17) is 16.1 Å². The van der Waals surface area contributed by atoms with Crippen LogP contribution in [0.4, 0.5) is 0 Å². The summed E-state index contributed by atoms with van der Waals surface area (Å²) in [5.41, 5.74) is 3.43. The molecule has 0 aliphatic heterocycles. The fraction of sp³-hybridized carbons (Fsp3) is 0.238. The summed E-state index contributed by atoms with van der Waals surface area (Å²) in [6, 6.07) is 16.8. The minimum Gasteiger partial charge on any atom is -0.356 e. The zero-order valence-electron chi connectivity index (χ0n) is 15.0. The molecule has 2 aromatic carbocycles. The van der Waals surface area contributed by atoms with Gasteiger partial charge in [0, 0.05) is 22.2 Å². The second-order valence-electron chi connectivity index (χ2n) is 7.20. The molecule has 1 N–H and O–H groups in total. The molecule has 3 aromatic rings. The predicted octanol–water partition coefficient (Wildman–Crippen LogP) is 5.22. The van der Waals surface area contributed by atoms with Gasteiger partial charge in [-0.2, -0.15) is 0 Å². The minimum absolute atomic E-state index is 0.0633. The maximum atomic E-state index is 12.3. The lowest BCUT2D eigenvalue weighted by Gasteiger charge is -2.19. The molecule has 3 rings (SSSR count). The van der Waals surface area contributed by atoms with Crippen molar-refractivity contribution in [3.63, 3.8) is 0 Å². The van der Waals surface area contributed by atoms with Crippen molar-refractivity contribution in [1.29, 1.82) is 0 Å². The Labute approximate surface area is 158 Å². The van der Waals surface area contributed by atoms with Gasteiger partial charge in [0.2, 0.25) is 0 Å². The van der Waals surface area contributed by atoms with E-state index in [9.17, 15) is 4.79 Å². The Balaban J connectivity index is 1.62. The van der Waals surface area contributed by atoms with E-state index >= 15 is 0 Å². The molecular weight excluding hydrogens is 348 g/mol. The van der Waals surface area contributed by atoms with E-state index in [1.54, 1.807) is 12.1 Å². The van der Waals surface area contributed by atoms with Crippen LogP contribution in [-0.4, -0.2) is 11.1 Å². The van der Waals surface area contributed by atoms with Crippen LogP contribution in [0.15, 0.2) is 59.1 Å². The zero-order chi connectivity index (χ0) is 18.7. The summed E-state index contributed by atoms with van der Waals surface area (Å²) >= 11 is 5.89. The first-order valence-electron chi connectivity index (χ1n) is 8.43. The molecule has 0 atom stereocenters. The summed E-state index contributed by atoms with van der Waals surface area (Å²) in [6.07, 6.45) is 0. The summed E-state index contributed by atoms with van der Waals surface area (Å²) in [5.74, 6) is 0.502. The first-order chi connectivity index (χ1) is 12.3. The molecule has 0 spiro atoms. The summed E-state index contributed by atoms with van der Waals surface area (Å²) < 4.78 is 5.34. The lowest BCUT2D eigenvalue weighted by atomic mass is 9.87. The number of hydrogen-bond acceptors (Lipinski definition) is 3. The molecule has 5 heteroatoms. The zero-order valence-corrected chi connectivity index (χ0v) is 15.8. The van der Waals surface area contributed by atoms with E-state index in [-0.39, 0.29) is 11.3 Å². The highest BCUT2D eigenvalue weighted by Gasteiger charge is 2.14. The number of nitrogens with zero attached hydrogens (tertiary/aromatic N) is 1. The largest absolute Gasteiger partial charge is 0.356 e. The van der Waals surface area contributed by atoms with E-state index < -0.39 is 0 Å². The van der Waals surface area contributed by atoms with Gasteiger partial charge in [0.25, 0.3) is 5.91 Å². The third kappa shape index (κ3) is 4.33. The summed E-state index contributed by atoms with van der Waals surface area (Å²) in [4.78, 5) is 12.3. The third-order valence-electron chi connectivity index (χ3n) is 4.13. The van der Waals surface area contributed by atoms with Gasteiger partial charge >= 0.3 is 0 Å². The van der Waals surface area contributed by atoms with Gasteiger partial charge in [-0.05, 0) is 47.4 Å². The van der Waals surface area contributed by atoms with E-state index in [0.717, 1.165) is 5.56 Å². The lowest BCUT2D eigenvalue weighted by Crippen LogP contribution is -2.23. The van der Waals surface area contributed by atoms with Crippen LogP contribution < -0.4 is 5.32 Å². The van der Waals surface area contributed by atoms with E-state index in [1.165, 1.54) is 5.56 Å². The molecule has 0 fully saturated rings. The maximum Gasteiger partial charge on any atom is 0.251 e. The van der Waals surface area contributed by atoms with Crippen LogP contribution >= 0.6 is 11.6 Å². The molecular formula is C21H21ClN2O2. The highest BCUT2D eigenvalue weighted by atomic mass is 35.5. The molecule has 0 bridgehead atoms. The average Bonchev–Trinajstić information content (AvgIpc) is 3.08. The number of benzene rings is 2. The Morgan fingerprint density at radius 2 is 1.73 bits per heavy atom. The molecule has 0 unspecified atom stereocenters. The average molecular weight is 369 g/mol. The van der Waals surface area contributed by atoms with Crippen molar-refractivity contribution in [2.45, 2.75) is 32.7 Å². The number of rotatable bonds is 4. The van der Waals surface area contributed by atoms with Crippen LogP contribution in [0.1, 0.15) is 42.4 Å². The van der Waals surface area contributed by atoms with E-state index in [0.29, 0.717) is 28.6 Å². The van der Waals surface area contributed by atoms with Crippen molar-refractivity contribution in [2.24, 2.45) is 0 Å². The van der Waals surface area contributed by atoms with Crippen molar-refractivity contribution in [3.8, 4) is 11.3 Å². The van der Waals surface area contributed by atoms with Crippen LogP contribution in [0.3, 0.4) is 0 Å². The Bertz CT molecular complexity index is 891. The second kappa shape index (κ2) is 7.34. The van der Waals surface area contributed by atoms with Crippen molar-refractivity contribution < 1.29 is 9.32 Å². The Kier molecular flexibility index (Phi) is 5.14. The molecule has 1 aromatic heterocycles. The van der Waals surface area contributed by atoms with Gasteiger partial charge in [-0.1, -0.05) is 49.7 Å². The summed E-state index contributed by atoms with van der Waals surface area (Å²) in [6.45, 7) is 6.73. The fourth-order valence-corrected chi connectivity index (χ4v) is 2.67. The number of nitrogens with one attached hydrogen (secondary N) is 1. The maximum absolute atomic E-state index is 12.3. The number of amides is 1. The quantitative estimate of drug-likeness (QED) is 0.686. The van der Waals surface area contributed by atoms with Gasteiger partial charge in [-0.25, -0.2) is 0 Å². The fourth-order valence-electron chi connectivity index (χ4n) is 2.54. The number of hydrogen-bond donors (Lipinski definition) is 1. The highest BCUT2D eigenvalue weighted by molar-refractivity contribution is 6.30. The van der Waals surface area contributed by atoms with Crippen molar-refractivity contribution >= 4 is 17.5 Å². The number of halogens is 1. The first-order valence-corrected chi connectivity index (χ1v) is 8.81. The van der Waals surface area contributed by atoms with Crippen LogP contribution in [0.5, 0.6) is 0 Å². The Morgan fingerprint density at radius 1 is 1.08 bits per heavy atom. The van der Waals surface area contributed by atoms with Gasteiger partial charge in [-0.15, -0.1) is 0 Å². The normalized spacial score (nSPS) is 11.4. The molecule has 1 heterocycles. The Morgan fingerprint density at radius 3 is 2.35 bits per heavy atom. The first kappa shape index (κ1) is 18.2. The van der Waals surface area contributed by atoms with Gasteiger partial charge in [0.15, 0.2) is 5.76 Å². The van der Waals surface area contributed by atoms with Crippen molar-refractivity contribution in [3.05, 3.63) is 76.4 Å². The van der Waals surface area contributed by atoms with Crippen molar-refractivity contribution in [2.75, 3.05) is 0 Å². The smallest absolute Gasteiger partial charge is 0.251 e. The molecule has 0 saturated carbocycles. The molecule has 0 saturated heterocycles. The third-order valence-corrected chi connectivity index (χ3v) is 4.38. The topological polar surface area (TPSA) is 55.1 Å². The number of carbonyl (C=O) groups is 1.